The van der Waals surface area contributed by atoms with E-state index in [2.05, 4.69) is 22.0 Å². The lowest BCUT2D eigenvalue weighted by atomic mass is 10.1. The maximum absolute atomic E-state index is 9.26. The summed E-state index contributed by atoms with van der Waals surface area (Å²) in [6.45, 7) is 3.74. The minimum atomic E-state index is -0.316. The molecule has 2 aromatic rings. The van der Waals surface area contributed by atoms with Gasteiger partial charge < -0.3 is 15.4 Å². The average Bonchev–Trinajstić information content (AvgIpc) is 2.90. The van der Waals surface area contributed by atoms with Crippen molar-refractivity contribution in [1.82, 2.24) is 15.0 Å². The van der Waals surface area contributed by atoms with Crippen LogP contribution in [0.25, 0.3) is 0 Å². The Morgan fingerprint density at radius 1 is 1.33 bits per heavy atom. The van der Waals surface area contributed by atoms with E-state index in [-0.39, 0.29) is 11.8 Å². The Kier molecular flexibility index (Phi) is 5.30. The molecular formula is C15H22N4O2. The molecule has 0 bridgehead atoms. The third kappa shape index (κ3) is 4.54. The zero-order valence-electron chi connectivity index (χ0n) is 12.5. The quantitative estimate of drug-likeness (QED) is 0.809. The molecule has 1 aromatic carbocycles. The van der Waals surface area contributed by atoms with E-state index >= 15 is 0 Å². The van der Waals surface area contributed by atoms with Crippen molar-refractivity contribution in [3.05, 3.63) is 41.5 Å². The molecule has 1 aromatic heterocycles. The van der Waals surface area contributed by atoms with E-state index in [1.807, 2.05) is 19.2 Å². The van der Waals surface area contributed by atoms with Crippen LogP contribution in [0, 0.1) is 0 Å². The first-order valence-corrected chi connectivity index (χ1v) is 7.13. The van der Waals surface area contributed by atoms with Crippen LogP contribution in [0.5, 0.6) is 5.75 Å². The molecule has 1 heterocycles. The second kappa shape index (κ2) is 7.19. The second-order valence-corrected chi connectivity index (χ2v) is 5.26. The first-order chi connectivity index (χ1) is 10.1. The number of aromatic hydroxyl groups is 1. The highest BCUT2D eigenvalue weighted by Crippen LogP contribution is 2.16. The van der Waals surface area contributed by atoms with Gasteiger partial charge in [-0.3, -0.25) is 4.90 Å². The summed E-state index contributed by atoms with van der Waals surface area (Å²) < 4.78 is 5.24. The minimum Gasteiger partial charge on any atom is -0.508 e. The molecule has 0 aliphatic carbocycles. The molecule has 6 nitrogen and oxygen atoms in total. The fourth-order valence-electron chi connectivity index (χ4n) is 2.15. The van der Waals surface area contributed by atoms with Gasteiger partial charge in [-0.15, -0.1) is 0 Å². The number of nitrogens with zero attached hydrogens (tertiary/aromatic N) is 3. The number of phenols is 1. The number of phenolic OH excluding ortho intramolecular Hbond substituents is 1. The summed E-state index contributed by atoms with van der Waals surface area (Å²) in [6, 6.07) is 6.65. The summed E-state index contributed by atoms with van der Waals surface area (Å²) in [5, 5.41) is 13.2. The number of rotatable bonds is 7. The molecule has 0 saturated carbocycles. The van der Waals surface area contributed by atoms with Gasteiger partial charge >= 0.3 is 0 Å². The maximum Gasteiger partial charge on any atom is 0.240 e. The third-order valence-corrected chi connectivity index (χ3v) is 3.22. The molecule has 0 spiro atoms. The molecule has 2 rings (SSSR count). The topological polar surface area (TPSA) is 88.4 Å². The smallest absolute Gasteiger partial charge is 0.240 e. The molecule has 0 amide bonds. The normalized spacial score (nSPS) is 12.8. The Bertz CT molecular complexity index is 553. The Hall–Kier alpha value is -1.92. The highest BCUT2D eigenvalue weighted by molar-refractivity contribution is 5.26. The van der Waals surface area contributed by atoms with Gasteiger partial charge in [0.25, 0.3) is 0 Å². The third-order valence-electron chi connectivity index (χ3n) is 3.22. The van der Waals surface area contributed by atoms with Gasteiger partial charge in [-0.25, -0.2) is 0 Å². The van der Waals surface area contributed by atoms with Gasteiger partial charge in [0.2, 0.25) is 5.89 Å². The molecule has 3 N–H and O–H groups in total. The maximum atomic E-state index is 9.26. The molecule has 114 valence electrons. The molecule has 1 unspecified atom stereocenters. The molecule has 1 atom stereocenters. The molecule has 6 heteroatoms. The lowest BCUT2D eigenvalue weighted by Crippen LogP contribution is -2.19. The second-order valence-electron chi connectivity index (χ2n) is 5.26. The first-order valence-electron chi connectivity index (χ1n) is 7.13. The number of nitrogens with two attached hydrogens (primary N) is 1. The number of benzene rings is 1. The van der Waals surface area contributed by atoms with E-state index in [1.165, 1.54) is 0 Å². The standard InChI is InChI=1S/C15H22N4O2/c1-3-8-19(2)10-14-17-15(18-21-14)13(16)9-11-4-6-12(20)7-5-11/h4-7,13,20H,3,8-10,16H2,1-2H3. The molecular weight excluding hydrogens is 268 g/mol. The predicted molar refractivity (Wildman–Crippen MR) is 79.7 cm³/mol. The monoisotopic (exact) mass is 290 g/mol. The summed E-state index contributed by atoms with van der Waals surface area (Å²) >= 11 is 0. The van der Waals surface area contributed by atoms with Crippen LogP contribution in [-0.4, -0.2) is 33.7 Å². The Morgan fingerprint density at radius 2 is 2.05 bits per heavy atom. The zero-order valence-corrected chi connectivity index (χ0v) is 12.5. The van der Waals surface area contributed by atoms with Crippen LogP contribution >= 0.6 is 0 Å². The van der Waals surface area contributed by atoms with Gasteiger partial charge in [-0.1, -0.05) is 24.2 Å². The van der Waals surface area contributed by atoms with Crippen molar-refractivity contribution in [2.75, 3.05) is 13.6 Å². The van der Waals surface area contributed by atoms with Crippen molar-refractivity contribution in [3.8, 4) is 5.75 Å². The largest absolute Gasteiger partial charge is 0.508 e. The summed E-state index contributed by atoms with van der Waals surface area (Å²) in [5.74, 6) is 1.35. The van der Waals surface area contributed by atoms with Gasteiger partial charge in [0.1, 0.15) is 5.75 Å². The average molecular weight is 290 g/mol. The predicted octanol–water partition coefficient (Wildman–Crippen LogP) is 1.86. The Labute approximate surface area is 124 Å². The highest BCUT2D eigenvalue weighted by Gasteiger charge is 2.15. The molecule has 0 radical (unpaired) electrons. The summed E-state index contributed by atoms with van der Waals surface area (Å²) in [7, 11) is 2.02. The molecule has 0 fully saturated rings. The lowest BCUT2D eigenvalue weighted by Gasteiger charge is -2.11. The number of hydrogen-bond acceptors (Lipinski definition) is 6. The lowest BCUT2D eigenvalue weighted by molar-refractivity contribution is 0.266. The summed E-state index contributed by atoms with van der Waals surface area (Å²) in [5.41, 5.74) is 7.13. The summed E-state index contributed by atoms with van der Waals surface area (Å²) in [6.07, 6.45) is 1.68. The van der Waals surface area contributed by atoms with E-state index in [0.717, 1.165) is 18.5 Å². The van der Waals surface area contributed by atoms with E-state index in [0.29, 0.717) is 24.7 Å². The van der Waals surface area contributed by atoms with Crippen LogP contribution in [0.2, 0.25) is 0 Å². The van der Waals surface area contributed by atoms with Crippen molar-refractivity contribution >= 4 is 0 Å². The first kappa shape index (κ1) is 15.5. The van der Waals surface area contributed by atoms with Crippen molar-refractivity contribution in [2.24, 2.45) is 5.73 Å². The van der Waals surface area contributed by atoms with Gasteiger partial charge in [-0.2, -0.15) is 4.98 Å². The van der Waals surface area contributed by atoms with Crippen molar-refractivity contribution in [3.63, 3.8) is 0 Å². The van der Waals surface area contributed by atoms with E-state index in [9.17, 15) is 5.11 Å². The van der Waals surface area contributed by atoms with Crippen LogP contribution in [0.4, 0.5) is 0 Å². The van der Waals surface area contributed by atoms with Gasteiger partial charge in [-0.05, 0) is 44.1 Å². The fraction of sp³-hybridized carbons (Fsp3) is 0.467. The summed E-state index contributed by atoms with van der Waals surface area (Å²) in [4.78, 5) is 6.48. The van der Waals surface area contributed by atoms with Gasteiger partial charge in [0.15, 0.2) is 5.82 Å². The van der Waals surface area contributed by atoms with Crippen LogP contribution < -0.4 is 5.73 Å². The van der Waals surface area contributed by atoms with Crippen molar-refractivity contribution in [1.29, 1.82) is 0 Å². The molecule has 21 heavy (non-hydrogen) atoms. The van der Waals surface area contributed by atoms with Crippen molar-refractivity contribution in [2.45, 2.75) is 32.4 Å². The molecule has 0 aliphatic heterocycles. The minimum absolute atomic E-state index is 0.244. The van der Waals surface area contributed by atoms with Crippen LogP contribution in [-0.2, 0) is 13.0 Å². The van der Waals surface area contributed by atoms with Gasteiger partial charge in [0.05, 0.1) is 12.6 Å². The van der Waals surface area contributed by atoms with Crippen LogP contribution in [0.1, 0.15) is 36.7 Å². The van der Waals surface area contributed by atoms with Gasteiger partial charge in [0, 0.05) is 0 Å². The van der Waals surface area contributed by atoms with Crippen LogP contribution in [0.3, 0.4) is 0 Å². The van der Waals surface area contributed by atoms with E-state index in [1.54, 1.807) is 12.1 Å². The zero-order chi connectivity index (χ0) is 15.2. The van der Waals surface area contributed by atoms with Crippen molar-refractivity contribution < 1.29 is 9.63 Å². The number of hydrogen-bond donors (Lipinski definition) is 2. The molecule has 0 aliphatic rings. The number of aromatic nitrogens is 2. The highest BCUT2D eigenvalue weighted by atomic mass is 16.5. The Balaban J connectivity index is 1.95. The van der Waals surface area contributed by atoms with E-state index in [4.69, 9.17) is 10.3 Å². The Morgan fingerprint density at radius 3 is 2.71 bits per heavy atom. The fourth-order valence-corrected chi connectivity index (χ4v) is 2.15. The van der Waals surface area contributed by atoms with E-state index < -0.39 is 0 Å². The van der Waals surface area contributed by atoms with Crippen LogP contribution in [0.15, 0.2) is 28.8 Å². The molecule has 0 saturated heterocycles. The SMILES string of the molecule is CCCN(C)Cc1nc(C(N)Cc2ccc(O)cc2)no1.